The second kappa shape index (κ2) is 10.7. The number of halogens is 6. The van der Waals surface area contributed by atoms with E-state index in [9.17, 15) is 39.9 Å². The minimum absolute atomic E-state index is 0.0469. The van der Waals surface area contributed by atoms with E-state index >= 15 is 0 Å². The number of hydrogen-bond donors (Lipinski definition) is 3. The highest BCUT2D eigenvalue weighted by Crippen LogP contribution is 2.37. The van der Waals surface area contributed by atoms with E-state index in [1.807, 2.05) is 25.1 Å². The maximum Gasteiger partial charge on any atom is 0.437 e. The van der Waals surface area contributed by atoms with Crippen molar-refractivity contribution >= 4 is 26.5 Å². The Labute approximate surface area is 207 Å². The number of benzene rings is 2. The smallest absolute Gasteiger partial charge is 0.377 e. The van der Waals surface area contributed by atoms with E-state index in [1.165, 1.54) is 6.07 Å². The topological polar surface area (TPSA) is 120 Å². The van der Waals surface area contributed by atoms with Crippen LogP contribution in [0, 0.1) is 0 Å². The van der Waals surface area contributed by atoms with Crippen LogP contribution in [0.1, 0.15) is 29.9 Å². The number of aliphatic hydroxyl groups excluding tert-OH is 1. The largest absolute Gasteiger partial charge is 0.437 e. The minimum Gasteiger partial charge on any atom is -0.377 e. The van der Waals surface area contributed by atoms with Gasteiger partial charge in [-0.3, -0.25) is 5.32 Å². The molecule has 9 nitrogen and oxygen atoms in total. The zero-order chi connectivity index (χ0) is 27.6. The predicted molar refractivity (Wildman–Crippen MR) is 121 cm³/mol. The maximum atomic E-state index is 13.0. The first-order valence-corrected chi connectivity index (χ1v) is 12.1. The summed E-state index contributed by atoms with van der Waals surface area (Å²) in [6.07, 6.45) is -12.8. The van der Waals surface area contributed by atoms with Crippen LogP contribution in [0.25, 0.3) is 10.8 Å². The summed E-state index contributed by atoms with van der Waals surface area (Å²) >= 11 is 0. The van der Waals surface area contributed by atoms with Gasteiger partial charge in [0.25, 0.3) is 0 Å². The lowest BCUT2D eigenvalue weighted by Gasteiger charge is -2.17. The van der Waals surface area contributed by atoms with Crippen molar-refractivity contribution in [2.45, 2.75) is 29.9 Å². The van der Waals surface area contributed by atoms with Crippen molar-refractivity contribution in [1.82, 2.24) is 25.2 Å². The summed E-state index contributed by atoms with van der Waals surface area (Å²) in [5.74, 6) is -1.02. The molecule has 0 aliphatic heterocycles. The van der Waals surface area contributed by atoms with Gasteiger partial charge < -0.3 is 10.0 Å². The van der Waals surface area contributed by atoms with E-state index in [0.717, 1.165) is 11.1 Å². The van der Waals surface area contributed by atoms with Crippen molar-refractivity contribution in [2.75, 3.05) is 32.1 Å². The van der Waals surface area contributed by atoms with Crippen LogP contribution in [0.15, 0.2) is 41.3 Å². The fourth-order valence-corrected chi connectivity index (χ4v) is 4.73. The highest BCUT2D eigenvalue weighted by molar-refractivity contribution is 7.89. The van der Waals surface area contributed by atoms with Crippen molar-refractivity contribution in [2.24, 2.45) is 0 Å². The molecule has 37 heavy (non-hydrogen) atoms. The van der Waals surface area contributed by atoms with Crippen molar-refractivity contribution in [3.63, 3.8) is 0 Å². The van der Waals surface area contributed by atoms with Gasteiger partial charge in [-0.15, -0.1) is 10.2 Å². The van der Waals surface area contributed by atoms with E-state index in [-0.39, 0.29) is 24.4 Å². The summed E-state index contributed by atoms with van der Waals surface area (Å²) in [7, 11) is -0.299. The van der Waals surface area contributed by atoms with Gasteiger partial charge >= 0.3 is 12.4 Å². The van der Waals surface area contributed by atoms with Crippen LogP contribution < -0.4 is 14.9 Å². The average molecular weight is 553 g/mol. The molecule has 16 heteroatoms. The first-order chi connectivity index (χ1) is 17.1. The summed E-state index contributed by atoms with van der Waals surface area (Å²) in [6, 6.07) is 10.1. The monoisotopic (exact) mass is 552 g/mol. The van der Waals surface area contributed by atoms with E-state index in [4.69, 9.17) is 0 Å². The molecule has 1 heterocycles. The van der Waals surface area contributed by atoms with E-state index < -0.39 is 45.8 Å². The lowest BCUT2D eigenvalue weighted by atomic mass is 10.1. The molecule has 0 aliphatic carbocycles. The summed E-state index contributed by atoms with van der Waals surface area (Å²) in [6.45, 7) is -0.262. The molecule has 0 amide bonds. The molecule has 3 N–H and O–H groups in total. The number of aromatic nitrogens is 3. The highest BCUT2D eigenvalue weighted by Gasteiger charge is 2.47. The van der Waals surface area contributed by atoms with Crippen LogP contribution in [-0.2, 0) is 22.4 Å². The van der Waals surface area contributed by atoms with Crippen molar-refractivity contribution in [3.8, 4) is 0 Å². The second-order valence-corrected chi connectivity index (χ2v) is 9.73. The van der Waals surface area contributed by atoms with Gasteiger partial charge in [-0.25, -0.2) is 18.1 Å². The van der Waals surface area contributed by atoms with Gasteiger partial charge in [0, 0.05) is 37.1 Å². The van der Waals surface area contributed by atoms with Gasteiger partial charge in [0.2, 0.25) is 10.0 Å². The Morgan fingerprint density at radius 1 is 0.919 bits per heavy atom. The predicted octanol–water partition coefficient (Wildman–Crippen LogP) is 3.08. The van der Waals surface area contributed by atoms with E-state index in [0.29, 0.717) is 5.39 Å². The molecule has 3 rings (SSSR count). The van der Waals surface area contributed by atoms with Crippen LogP contribution >= 0.6 is 0 Å². The third-order valence-electron chi connectivity index (χ3n) is 5.10. The Morgan fingerprint density at radius 3 is 2.16 bits per heavy atom. The Kier molecular flexibility index (Phi) is 8.26. The van der Waals surface area contributed by atoms with Crippen molar-refractivity contribution < 1.29 is 39.9 Å². The van der Waals surface area contributed by atoms with Crippen molar-refractivity contribution in [3.05, 3.63) is 53.6 Å². The van der Waals surface area contributed by atoms with Crippen LogP contribution in [0.2, 0.25) is 0 Å². The number of aliphatic hydroxyl groups is 1. The van der Waals surface area contributed by atoms with Gasteiger partial charge in [0.15, 0.2) is 23.4 Å². The normalized spacial score (nSPS) is 13.6. The number of hydrogen-bond acceptors (Lipinski definition) is 8. The quantitative estimate of drug-likeness (QED) is 0.211. The Bertz CT molecular complexity index is 1370. The van der Waals surface area contributed by atoms with Gasteiger partial charge in [-0.1, -0.05) is 24.3 Å². The molecule has 0 aliphatic rings. The molecule has 3 aromatic rings. The third kappa shape index (κ3) is 6.63. The maximum absolute atomic E-state index is 13.0. The lowest BCUT2D eigenvalue weighted by molar-refractivity contribution is -0.168. The van der Waals surface area contributed by atoms with E-state index in [2.05, 4.69) is 25.2 Å². The summed E-state index contributed by atoms with van der Waals surface area (Å²) in [4.78, 5) is 4.68. The first-order valence-electron chi connectivity index (χ1n) is 10.6. The Hall–Kier alpha value is -3.08. The van der Waals surface area contributed by atoms with Crippen LogP contribution in [0.4, 0.5) is 32.0 Å². The number of alkyl halides is 6. The van der Waals surface area contributed by atoms with Crippen LogP contribution in [-0.4, -0.2) is 55.9 Å². The molecular formula is C21H22F6N6O3S. The summed E-state index contributed by atoms with van der Waals surface area (Å²) < 4.78 is 105. The number of fused-ring (bicyclic) bond motifs is 1. The molecule has 0 saturated carbocycles. The zero-order valence-electron chi connectivity index (χ0n) is 19.4. The SMILES string of the molecule is CN(C)c1cccc2c(S(=O)(=O)NCCCNC(O)c3nnc(C(F)(F)F)c(C(F)(F)F)n3)cccc12. The minimum atomic E-state index is -5.48. The Morgan fingerprint density at radius 2 is 1.54 bits per heavy atom. The summed E-state index contributed by atoms with van der Waals surface area (Å²) in [5, 5.41) is 19.0. The van der Waals surface area contributed by atoms with Gasteiger partial charge in [-0.05, 0) is 25.1 Å². The van der Waals surface area contributed by atoms with Gasteiger partial charge in [0.1, 0.15) is 0 Å². The molecule has 0 saturated heterocycles. The molecule has 1 unspecified atom stereocenters. The molecular weight excluding hydrogens is 530 g/mol. The fraction of sp³-hybridized carbons (Fsp3) is 0.381. The van der Waals surface area contributed by atoms with E-state index in [1.54, 1.807) is 24.3 Å². The molecule has 0 fully saturated rings. The summed E-state index contributed by atoms with van der Waals surface area (Å²) in [5.41, 5.74) is -3.83. The molecule has 0 spiro atoms. The molecule has 1 atom stereocenters. The standard InChI is InChI=1S/C21H22F6N6O3S/c1-33(2)14-8-3-7-13-12(14)6-4-9-15(13)37(35,36)29-11-5-10-28-19(34)18-30-16(20(22,23)24)17(31-32-18)21(25,26)27/h3-4,6-9,19,28-29,34H,5,10-11H2,1-2H3. The first kappa shape index (κ1) is 28.5. The molecule has 2 aromatic carbocycles. The number of anilines is 1. The van der Waals surface area contributed by atoms with Crippen LogP contribution in [0.5, 0.6) is 0 Å². The van der Waals surface area contributed by atoms with Crippen LogP contribution in [0.3, 0.4) is 0 Å². The molecule has 0 radical (unpaired) electrons. The Balaban J connectivity index is 1.64. The zero-order valence-corrected chi connectivity index (χ0v) is 20.2. The number of nitrogens with one attached hydrogen (secondary N) is 2. The number of sulfonamides is 1. The highest BCUT2D eigenvalue weighted by atomic mass is 32.2. The molecule has 1 aromatic heterocycles. The third-order valence-corrected chi connectivity index (χ3v) is 6.62. The lowest BCUT2D eigenvalue weighted by Crippen LogP contribution is -2.31. The number of nitrogens with zero attached hydrogens (tertiary/aromatic N) is 4. The number of rotatable bonds is 9. The van der Waals surface area contributed by atoms with Gasteiger partial charge in [0.05, 0.1) is 4.90 Å². The average Bonchev–Trinajstić information content (AvgIpc) is 2.81. The molecule has 0 bridgehead atoms. The van der Waals surface area contributed by atoms with Gasteiger partial charge in [-0.2, -0.15) is 26.3 Å². The second-order valence-electron chi connectivity index (χ2n) is 7.99. The fourth-order valence-electron chi connectivity index (χ4n) is 3.43. The molecule has 202 valence electrons. The van der Waals surface area contributed by atoms with Crippen molar-refractivity contribution in [1.29, 1.82) is 0 Å².